The number of nitrogens with one attached hydrogen (secondary N) is 1. The topological polar surface area (TPSA) is 41.6 Å². The number of ether oxygens (including phenoxy) is 1. The summed E-state index contributed by atoms with van der Waals surface area (Å²) in [7, 11) is 1.75. The van der Waals surface area contributed by atoms with Crippen molar-refractivity contribution in [1.82, 2.24) is 10.2 Å². The van der Waals surface area contributed by atoms with Gasteiger partial charge in [-0.15, -0.1) is 0 Å². The Morgan fingerprint density at radius 2 is 2.00 bits per heavy atom. The second-order valence-corrected chi connectivity index (χ2v) is 4.99. The molecule has 1 spiro atoms. The lowest BCUT2D eigenvalue weighted by atomic mass is 10.1. The van der Waals surface area contributed by atoms with Gasteiger partial charge in [-0.05, 0) is 30.5 Å². The van der Waals surface area contributed by atoms with Crippen LogP contribution in [0, 0.1) is 0 Å². The minimum Gasteiger partial charge on any atom is -0.435 e. The molecule has 3 rings (SSSR count). The zero-order chi connectivity index (χ0) is 13.6. The molecule has 1 heterocycles. The van der Waals surface area contributed by atoms with Gasteiger partial charge in [0.25, 0.3) is 0 Å². The number of hydrogen-bond donors (Lipinski definition) is 1. The van der Waals surface area contributed by atoms with Gasteiger partial charge < -0.3 is 9.64 Å². The van der Waals surface area contributed by atoms with E-state index in [1.165, 1.54) is 12.1 Å². The van der Waals surface area contributed by atoms with Crippen LogP contribution in [0.5, 0.6) is 5.75 Å². The number of nitrogens with zero attached hydrogens (tertiary/aromatic N) is 1. The van der Waals surface area contributed by atoms with Crippen LogP contribution in [0.1, 0.15) is 24.6 Å². The lowest BCUT2D eigenvalue weighted by Gasteiger charge is -2.19. The Morgan fingerprint density at radius 1 is 1.37 bits per heavy atom. The molecule has 1 aliphatic carbocycles. The first-order chi connectivity index (χ1) is 9.02. The van der Waals surface area contributed by atoms with E-state index in [4.69, 9.17) is 0 Å². The summed E-state index contributed by atoms with van der Waals surface area (Å²) in [5.74, 6) is 0.220. The van der Waals surface area contributed by atoms with E-state index in [1.807, 2.05) is 0 Å². The predicted octanol–water partition coefficient (Wildman–Crippen LogP) is 1.88. The molecule has 2 fully saturated rings. The van der Waals surface area contributed by atoms with Crippen LogP contribution in [0.4, 0.5) is 8.78 Å². The van der Waals surface area contributed by atoms with E-state index in [-0.39, 0.29) is 23.4 Å². The van der Waals surface area contributed by atoms with Gasteiger partial charge in [0.2, 0.25) is 5.91 Å². The molecule has 0 bridgehead atoms. The summed E-state index contributed by atoms with van der Waals surface area (Å²) < 4.78 is 28.4. The molecule has 0 radical (unpaired) electrons. The molecule has 1 saturated carbocycles. The first-order valence-corrected chi connectivity index (χ1v) is 6.12. The van der Waals surface area contributed by atoms with Gasteiger partial charge in [-0.3, -0.25) is 10.1 Å². The number of halogens is 2. The first kappa shape index (κ1) is 12.3. The average molecular weight is 268 g/mol. The van der Waals surface area contributed by atoms with Crippen molar-refractivity contribution < 1.29 is 18.3 Å². The number of carbonyl (C=O) groups is 1. The third-order valence-electron chi connectivity index (χ3n) is 3.70. The minimum absolute atomic E-state index is 0.102. The highest BCUT2D eigenvalue weighted by Gasteiger charge is 2.58. The van der Waals surface area contributed by atoms with Crippen molar-refractivity contribution in [3.8, 4) is 5.75 Å². The SMILES string of the molecule is CN1C(=O)C2(CC2)NC1c1ccc(OC(F)F)cc1. The van der Waals surface area contributed by atoms with Gasteiger partial charge in [0.05, 0.1) is 0 Å². The molecular weight excluding hydrogens is 254 g/mol. The highest BCUT2D eigenvalue weighted by Crippen LogP contribution is 2.45. The molecule has 1 saturated heterocycles. The second-order valence-electron chi connectivity index (χ2n) is 4.99. The average Bonchev–Trinajstić information content (AvgIpc) is 3.11. The van der Waals surface area contributed by atoms with Gasteiger partial charge in [0.15, 0.2) is 0 Å². The molecule has 4 nitrogen and oxygen atoms in total. The summed E-state index contributed by atoms with van der Waals surface area (Å²) >= 11 is 0. The Labute approximate surface area is 109 Å². The lowest BCUT2D eigenvalue weighted by Crippen LogP contribution is -2.30. The number of carbonyl (C=O) groups excluding carboxylic acids is 1. The fourth-order valence-electron chi connectivity index (χ4n) is 2.50. The molecule has 1 unspecified atom stereocenters. The van der Waals surface area contributed by atoms with Gasteiger partial charge >= 0.3 is 6.61 Å². The number of likely N-dealkylation sites (N-methyl/N-ethyl adjacent to an activating group) is 1. The molecule has 2 aliphatic rings. The standard InChI is InChI=1S/C13H14F2N2O2/c1-17-10(16-13(6-7-13)11(17)18)8-2-4-9(5-3-8)19-12(14)15/h2-5,10,12,16H,6-7H2,1H3. The highest BCUT2D eigenvalue weighted by molar-refractivity contribution is 5.91. The zero-order valence-electron chi connectivity index (χ0n) is 10.4. The van der Waals surface area contributed by atoms with E-state index in [1.54, 1.807) is 24.1 Å². The van der Waals surface area contributed by atoms with E-state index in [9.17, 15) is 13.6 Å². The fraction of sp³-hybridized carbons (Fsp3) is 0.462. The maximum Gasteiger partial charge on any atom is 0.387 e. The highest BCUT2D eigenvalue weighted by atomic mass is 19.3. The van der Waals surface area contributed by atoms with Crippen molar-refractivity contribution in [1.29, 1.82) is 0 Å². The summed E-state index contributed by atoms with van der Waals surface area (Å²) in [4.78, 5) is 13.7. The van der Waals surface area contributed by atoms with E-state index in [0.29, 0.717) is 0 Å². The number of alkyl halides is 2. The normalized spacial score (nSPS) is 24.3. The maximum atomic E-state index is 12.1. The van der Waals surface area contributed by atoms with Crippen LogP contribution < -0.4 is 10.1 Å². The Bertz CT molecular complexity index is 500. The summed E-state index contributed by atoms with van der Waals surface area (Å²) in [6.07, 6.45) is 1.52. The van der Waals surface area contributed by atoms with Crippen LogP contribution >= 0.6 is 0 Å². The van der Waals surface area contributed by atoms with Gasteiger partial charge in [0.1, 0.15) is 17.5 Å². The Hall–Kier alpha value is -1.69. The van der Waals surface area contributed by atoms with Crippen molar-refractivity contribution in [2.24, 2.45) is 0 Å². The summed E-state index contributed by atoms with van der Waals surface area (Å²) in [5.41, 5.74) is 0.485. The van der Waals surface area contributed by atoms with Crippen molar-refractivity contribution in [2.45, 2.75) is 31.2 Å². The van der Waals surface area contributed by atoms with Crippen molar-refractivity contribution in [3.63, 3.8) is 0 Å². The van der Waals surface area contributed by atoms with Crippen molar-refractivity contribution in [3.05, 3.63) is 29.8 Å². The number of hydrogen-bond acceptors (Lipinski definition) is 3. The molecule has 1 N–H and O–H groups in total. The van der Waals surface area contributed by atoms with E-state index >= 15 is 0 Å². The molecule has 1 aliphatic heterocycles. The second kappa shape index (κ2) is 4.16. The van der Waals surface area contributed by atoms with Crippen LogP contribution in [0.25, 0.3) is 0 Å². The van der Waals surface area contributed by atoms with Gasteiger partial charge in [-0.25, -0.2) is 0 Å². The monoisotopic (exact) mass is 268 g/mol. The Kier molecular flexibility index (Phi) is 2.70. The first-order valence-electron chi connectivity index (χ1n) is 6.12. The predicted molar refractivity (Wildman–Crippen MR) is 63.7 cm³/mol. The lowest BCUT2D eigenvalue weighted by molar-refractivity contribution is -0.129. The molecular formula is C13H14F2N2O2. The van der Waals surface area contributed by atoms with Gasteiger partial charge in [-0.2, -0.15) is 8.78 Å². The molecule has 1 amide bonds. The Balaban J connectivity index is 1.78. The third-order valence-corrected chi connectivity index (χ3v) is 3.70. The largest absolute Gasteiger partial charge is 0.435 e. The van der Waals surface area contributed by atoms with Crippen LogP contribution in [0.2, 0.25) is 0 Å². The maximum absolute atomic E-state index is 12.1. The molecule has 102 valence electrons. The quantitative estimate of drug-likeness (QED) is 0.910. The molecule has 1 aromatic carbocycles. The molecule has 0 aromatic heterocycles. The van der Waals surface area contributed by atoms with Crippen molar-refractivity contribution >= 4 is 5.91 Å². The molecule has 1 atom stereocenters. The van der Waals surface area contributed by atoms with Crippen LogP contribution in [-0.4, -0.2) is 30.0 Å². The Morgan fingerprint density at radius 3 is 2.47 bits per heavy atom. The van der Waals surface area contributed by atoms with Crippen LogP contribution in [0.3, 0.4) is 0 Å². The molecule has 19 heavy (non-hydrogen) atoms. The fourth-order valence-corrected chi connectivity index (χ4v) is 2.50. The number of benzene rings is 1. The van der Waals surface area contributed by atoms with Crippen LogP contribution in [-0.2, 0) is 4.79 Å². The molecule has 1 aromatic rings. The smallest absolute Gasteiger partial charge is 0.387 e. The summed E-state index contributed by atoms with van der Waals surface area (Å²) in [5, 5.41) is 3.30. The minimum atomic E-state index is -2.82. The molecule has 6 heteroatoms. The van der Waals surface area contributed by atoms with E-state index in [2.05, 4.69) is 10.1 Å². The zero-order valence-corrected chi connectivity index (χ0v) is 10.4. The third kappa shape index (κ3) is 2.06. The van der Waals surface area contributed by atoms with Gasteiger partial charge in [-0.1, -0.05) is 12.1 Å². The van der Waals surface area contributed by atoms with Crippen molar-refractivity contribution in [2.75, 3.05) is 7.05 Å². The van der Waals surface area contributed by atoms with E-state index in [0.717, 1.165) is 18.4 Å². The van der Waals surface area contributed by atoms with Crippen LogP contribution in [0.15, 0.2) is 24.3 Å². The summed E-state index contributed by atoms with van der Waals surface area (Å²) in [6.45, 7) is -2.82. The number of amides is 1. The van der Waals surface area contributed by atoms with E-state index < -0.39 is 6.61 Å². The number of rotatable bonds is 3. The summed E-state index contributed by atoms with van der Waals surface area (Å²) in [6, 6.07) is 6.36. The van der Waals surface area contributed by atoms with Gasteiger partial charge in [0, 0.05) is 7.05 Å².